The Kier molecular flexibility index (Phi) is 35.6. The molecule has 0 aliphatic heterocycles. The van der Waals surface area contributed by atoms with Crippen molar-refractivity contribution in [2.24, 2.45) is 22.9 Å². The second-order valence-corrected chi connectivity index (χ2v) is 9.66. The number of aldehydes is 1. The second-order valence-electron chi connectivity index (χ2n) is 9.66. The van der Waals surface area contributed by atoms with Crippen LogP contribution in [0.4, 0.5) is 0 Å². The summed E-state index contributed by atoms with van der Waals surface area (Å²) in [5.74, 6) is 0.105. The van der Waals surface area contributed by atoms with Gasteiger partial charge < -0.3 is 59.6 Å². The Labute approximate surface area is 238 Å². The van der Waals surface area contributed by atoms with Crippen LogP contribution in [0, 0.1) is 0 Å². The molecule has 0 aliphatic carbocycles. The molecule has 0 bridgehead atoms. The molecule has 0 saturated carbocycles. The molecule has 0 rings (SSSR count). The highest BCUT2D eigenvalue weighted by Crippen LogP contribution is 1.98. The van der Waals surface area contributed by atoms with E-state index in [1.807, 2.05) is 7.05 Å². The molecular weight excluding hydrogens is 496 g/mol. The summed E-state index contributed by atoms with van der Waals surface area (Å²) in [7, 11) is 1.94. The Morgan fingerprint density at radius 3 is 1.64 bits per heavy atom. The fraction of sp³-hybridized carbons (Fsp3) is 0.926. The van der Waals surface area contributed by atoms with Crippen LogP contribution in [0.3, 0.4) is 0 Å². The van der Waals surface area contributed by atoms with Crippen molar-refractivity contribution < 1.29 is 9.59 Å². The summed E-state index contributed by atoms with van der Waals surface area (Å²) in [6.45, 7) is 9.86. The molecule has 0 heterocycles. The first-order valence-corrected chi connectivity index (χ1v) is 15.2. The lowest BCUT2D eigenvalue weighted by atomic mass is 10.1. The van der Waals surface area contributed by atoms with Crippen LogP contribution in [0.15, 0.2) is 0 Å². The van der Waals surface area contributed by atoms with Crippen LogP contribution < -0.4 is 54.8 Å². The molecule has 0 aliphatic rings. The maximum absolute atomic E-state index is 12.3. The zero-order chi connectivity index (χ0) is 29.2. The maximum Gasteiger partial charge on any atom is 0.237 e. The molecule has 0 aromatic heterocycles. The first-order chi connectivity index (χ1) is 19.1. The minimum Gasteiger partial charge on any atom is -0.355 e. The molecule has 12 nitrogen and oxygen atoms in total. The number of carbonyl (C=O) groups is 2. The minimum absolute atomic E-state index is 0.0251. The quantitative estimate of drug-likeness (QED) is 0.0369. The first-order valence-electron chi connectivity index (χ1n) is 15.2. The molecule has 0 aromatic carbocycles. The number of hydrogen-bond acceptors (Lipinski definition) is 11. The molecule has 2 unspecified atom stereocenters. The van der Waals surface area contributed by atoms with Crippen molar-refractivity contribution in [2.45, 2.75) is 76.3 Å². The van der Waals surface area contributed by atoms with Gasteiger partial charge in [0.1, 0.15) is 6.29 Å². The molecule has 0 spiro atoms. The summed E-state index contributed by atoms with van der Waals surface area (Å²) in [6, 6.07) is -0.148. The molecule has 39 heavy (non-hydrogen) atoms. The van der Waals surface area contributed by atoms with Gasteiger partial charge >= 0.3 is 0 Å². The molecule has 234 valence electrons. The fourth-order valence-electron chi connectivity index (χ4n) is 3.66. The summed E-state index contributed by atoms with van der Waals surface area (Å²) in [5, 5.41) is 19.3. The third-order valence-electron chi connectivity index (χ3n) is 6.02. The second kappa shape index (κ2) is 34.8. The van der Waals surface area contributed by atoms with E-state index in [-0.39, 0.29) is 18.0 Å². The van der Waals surface area contributed by atoms with Gasteiger partial charge in [-0.25, -0.2) is 0 Å². The summed E-state index contributed by atoms with van der Waals surface area (Å²) < 4.78 is 0. The van der Waals surface area contributed by atoms with E-state index in [0.29, 0.717) is 19.6 Å². The lowest BCUT2D eigenvalue weighted by Gasteiger charge is -2.18. The number of nitrogens with two attached hydrogens (primary N) is 4. The van der Waals surface area contributed by atoms with Gasteiger partial charge in [0.2, 0.25) is 5.91 Å². The minimum atomic E-state index is -0.123. The summed E-state index contributed by atoms with van der Waals surface area (Å²) in [6.07, 6.45) is 10.6. The first kappa shape index (κ1) is 39.9. The van der Waals surface area contributed by atoms with Crippen molar-refractivity contribution in [1.82, 2.24) is 31.9 Å². The molecule has 0 fully saturated rings. The third kappa shape index (κ3) is 31.2. The Morgan fingerprint density at radius 1 is 0.615 bits per heavy atom. The van der Waals surface area contributed by atoms with E-state index in [0.717, 1.165) is 129 Å². The van der Waals surface area contributed by atoms with E-state index in [2.05, 4.69) is 31.9 Å². The lowest BCUT2D eigenvalue weighted by Crippen LogP contribution is -2.45. The van der Waals surface area contributed by atoms with Gasteiger partial charge in [0.15, 0.2) is 0 Å². The molecular formula is C27H64N10O2. The zero-order valence-corrected chi connectivity index (χ0v) is 24.9. The molecule has 12 heteroatoms. The summed E-state index contributed by atoms with van der Waals surface area (Å²) >= 11 is 0. The topological polar surface area (TPSA) is 210 Å². The molecule has 0 radical (unpaired) electrons. The van der Waals surface area contributed by atoms with Gasteiger partial charge in [-0.05, 0) is 143 Å². The Bertz CT molecular complexity index is 503. The zero-order valence-electron chi connectivity index (χ0n) is 24.9. The van der Waals surface area contributed by atoms with Crippen molar-refractivity contribution in [3.05, 3.63) is 0 Å². The number of hydrogen-bond donors (Lipinski definition) is 10. The summed E-state index contributed by atoms with van der Waals surface area (Å²) in [5.41, 5.74) is 21.7. The van der Waals surface area contributed by atoms with E-state index < -0.39 is 0 Å². The van der Waals surface area contributed by atoms with Crippen LogP contribution in [0.1, 0.15) is 64.2 Å². The van der Waals surface area contributed by atoms with Crippen LogP contribution >= 0.6 is 0 Å². The van der Waals surface area contributed by atoms with Gasteiger partial charge in [0, 0.05) is 6.54 Å². The van der Waals surface area contributed by atoms with Gasteiger partial charge in [-0.15, -0.1) is 0 Å². The van der Waals surface area contributed by atoms with Crippen LogP contribution in [0.5, 0.6) is 0 Å². The van der Waals surface area contributed by atoms with Crippen molar-refractivity contribution in [3.8, 4) is 0 Å². The number of nitrogens with one attached hydrogen (secondary N) is 6. The van der Waals surface area contributed by atoms with Crippen molar-refractivity contribution >= 4 is 12.2 Å². The number of unbranched alkanes of at least 4 members (excludes halogenated alkanes) is 1. The predicted octanol–water partition coefficient (Wildman–Crippen LogP) is -1.66. The van der Waals surface area contributed by atoms with E-state index in [1.54, 1.807) is 0 Å². The molecule has 1 amide bonds. The Morgan fingerprint density at radius 2 is 1.10 bits per heavy atom. The largest absolute Gasteiger partial charge is 0.355 e. The van der Waals surface area contributed by atoms with Crippen LogP contribution in [-0.2, 0) is 9.59 Å². The highest BCUT2D eigenvalue weighted by Gasteiger charge is 2.16. The van der Waals surface area contributed by atoms with E-state index in [1.165, 1.54) is 0 Å². The van der Waals surface area contributed by atoms with Crippen molar-refractivity contribution in [1.29, 1.82) is 0 Å². The lowest BCUT2D eigenvalue weighted by molar-refractivity contribution is -0.123. The fourth-order valence-corrected chi connectivity index (χ4v) is 3.66. The van der Waals surface area contributed by atoms with Crippen LogP contribution in [0.2, 0.25) is 0 Å². The van der Waals surface area contributed by atoms with Gasteiger partial charge in [0.05, 0.1) is 12.1 Å². The Balaban J connectivity index is 0. The molecule has 14 N–H and O–H groups in total. The smallest absolute Gasteiger partial charge is 0.237 e. The SMILES string of the molecule is CNCCCCNC(=O)C(CCCNCCCN)NCCCN.NCCCNCCCC(C=O)NCCCN. The third-order valence-corrected chi connectivity index (χ3v) is 6.02. The van der Waals surface area contributed by atoms with E-state index in [4.69, 9.17) is 22.9 Å². The van der Waals surface area contributed by atoms with Crippen molar-refractivity contribution in [2.75, 3.05) is 85.6 Å². The molecule has 0 aromatic rings. The maximum atomic E-state index is 12.3. The normalized spacial score (nSPS) is 12.4. The highest BCUT2D eigenvalue weighted by atomic mass is 16.2. The predicted molar refractivity (Wildman–Crippen MR) is 165 cm³/mol. The van der Waals surface area contributed by atoms with Gasteiger partial charge in [0.25, 0.3) is 0 Å². The average Bonchev–Trinajstić information content (AvgIpc) is 2.95. The number of amides is 1. The van der Waals surface area contributed by atoms with Gasteiger partial charge in [-0.2, -0.15) is 0 Å². The van der Waals surface area contributed by atoms with Crippen LogP contribution in [-0.4, -0.2) is 110 Å². The van der Waals surface area contributed by atoms with Gasteiger partial charge in [-0.3, -0.25) is 4.79 Å². The monoisotopic (exact) mass is 561 g/mol. The van der Waals surface area contributed by atoms with E-state index >= 15 is 0 Å². The standard InChI is InChI=1S/C16H38N6O.C11H26N4O/c1-19-10-2-3-13-22-16(23)15(21-14-6-9-18)7-4-11-20-12-5-8-17;12-5-2-8-14-7-1-4-11(10-16)15-9-3-6-13/h15,19-21H,2-14,17-18H2,1H3,(H,22,23);10-11,14-15H,1-9,12-13H2. The van der Waals surface area contributed by atoms with E-state index in [9.17, 15) is 9.59 Å². The summed E-state index contributed by atoms with van der Waals surface area (Å²) in [4.78, 5) is 23.0. The average molecular weight is 561 g/mol. The van der Waals surface area contributed by atoms with Crippen molar-refractivity contribution in [3.63, 3.8) is 0 Å². The van der Waals surface area contributed by atoms with Crippen LogP contribution in [0.25, 0.3) is 0 Å². The number of rotatable bonds is 29. The highest BCUT2D eigenvalue weighted by molar-refractivity contribution is 5.81. The molecule has 2 atom stereocenters. The number of carbonyl (C=O) groups excluding carboxylic acids is 2. The van der Waals surface area contributed by atoms with Gasteiger partial charge in [-0.1, -0.05) is 0 Å². The molecule has 0 saturated heterocycles. The Hall–Kier alpha value is -1.22.